The van der Waals surface area contributed by atoms with Crippen LogP contribution < -0.4 is 0 Å². The number of carbonyl (C=O) groups is 2. The molecule has 3 nitrogen and oxygen atoms in total. The summed E-state index contributed by atoms with van der Waals surface area (Å²) in [5.74, 6) is -0.928. The molecular formula is C6H6Cl3NO2S. The van der Waals surface area contributed by atoms with E-state index in [9.17, 15) is 9.59 Å². The average Bonchev–Trinajstić information content (AvgIpc) is 2.14. The molecule has 0 N–H and O–H groups in total. The van der Waals surface area contributed by atoms with E-state index in [2.05, 4.69) is 0 Å². The van der Waals surface area contributed by atoms with Crippen LogP contribution in [0.2, 0.25) is 0 Å². The van der Waals surface area contributed by atoms with Crippen molar-refractivity contribution in [3.8, 4) is 0 Å². The summed E-state index contributed by atoms with van der Waals surface area (Å²) in [4.78, 5) is 22.5. The maximum Gasteiger partial charge on any atom is 0.256 e. The Balaban J connectivity index is 2.70. The zero-order chi connectivity index (χ0) is 10.2. The normalized spacial score (nSPS) is 24.3. The minimum atomic E-state index is -1.67. The first-order valence-corrected chi connectivity index (χ1v) is 5.34. The predicted molar refractivity (Wildman–Crippen MR) is 53.5 cm³/mol. The lowest BCUT2D eigenvalue weighted by atomic mass is 10.1. The van der Waals surface area contributed by atoms with Crippen molar-refractivity contribution in [2.45, 2.75) is 16.5 Å². The molecule has 0 spiro atoms. The van der Waals surface area contributed by atoms with E-state index in [1.807, 2.05) is 0 Å². The molecule has 1 atom stereocenters. The second-order valence-corrected chi connectivity index (χ2v) is 6.78. The van der Waals surface area contributed by atoms with E-state index in [0.717, 1.165) is 4.31 Å². The number of rotatable bonds is 1. The summed E-state index contributed by atoms with van der Waals surface area (Å²) >= 11 is 16.9. The molecule has 1 heterocycles. The molecule has 0 bridgehead atoms. The number of nitrogens with zero attached hydrogens (tertiary/aromatic N) is 1. The van der Waals surface area contributed by atoms with Crippen molar-refractivity contribution < 1.29 is 9.59 Å². The van der Waals surface area contributed by atoms with Gasteiger partial charge in [0.25, 0.3) is 3.12 Å². The van der Waals surface area contributed by atoms with E-state index in [4.69, 9.17) is 34.8 Å². The van der Waals surface area contributed by atoms with Gasteiger partial charge in [-0.2, -0.15) is 0 Å². The summed E-state index contributed by atoms with van der Waals surface area (Å²) in [6.45, 7) is 1.67. The highest BCUT2D eigenvalue weighted by Gasteiger charge is 2.40. The van der Waals surface area contributed by atoms with Crippen LogP contribution >= 0.6 is 46.8 Å². The van der Waals surface area contributed by atoms with Gasteiger partial charge in [-0.1, -0.05) is 41.7 Å². The van der Waals surface area contributed by atoms with Gasteiger partial charge in [-0.05, 0) is 0 Å². The molecule has 0 aromatic heterocycles. The molecule has 7 heteroatoms. The van der Waals surface area contributed by atoms with Gasteiger partial charge in [-0.3, -0.25) is 9.59 Å². The first kappa shape index (κ1) is 11.4. The van der Waals surface area contributed by atoms with E-state index in [1.165, 1.54) is 0 Å². The van der Waals surface area contributed by atoms with E-state index in [-0.39, 0.29) is 24.2 Å². The maximum absolute atomic E-state index is 11.3. The third-order valence-electron chi connectivity index (χ3n) is 1.52. The molecule has 1 saturated heterocycles. The molecule has 0 aromatic carbocycles. The zero-order valence-corrected chi connectivity index (χ0v) is 9.67. The molecule has 0 radical (unpaired) electrons. The van der Waals surface area contributed by atoms with E-state index < -0.39 is 3.12 Å². The summed E-state index contributed by atoms with van der Waals surface area (Å²) in [5, 5.41) is 0. The van der Waals surface area contributed by atoms with Gasteiger partial charge in [0.05, 0.1) is 0 Å². The number of amides is 2. The molecule has 74 valence electrons. The van der Waals surface area contributed by atoms with Gasteiger partial charge < -0.3 is 0 Å². The van der Waals surface area contributed by atoms with Gasteiger partial charge in [0.15, 0.2) is 0 Å². The van der Waals surface area contributed by atoms with Gasteiger partial charge in [-0.25, -0.2) is 4.31 Å². The highest BCUT2D eigenvalue weighted by molar-refractivity contribution is 8.03. The molecule has 13 heavy (non-hydrogen) atoms. The largest absolute Gasteiger partial charge is 0.273 e. The molecule has 2 amide bonds. The fraction of sp³-hybridized carbons (Fsp3) is 0.667. The lowest BCUT2D eigenvalue weighted by Crippen LogP contribution is -2.26. The Kier molecular flexibility index (Phi) is 3.38. The number of hydrogen-bond donors (Lipinski definition) is 0. The van der Waals surface area contributed by atoms with Gasteiger partial charge in [0.2, 0.25) is 11.8 Å². The Morgan fingerprint density at radius 3 is 2.31 bits per heavy atom. The lowest BCUT2D eigenvalue weighted by molar-refractivity contribution is -0.132. The Bertz CT molecular complexity index is 253. The molecule has 1 unspecified atom stereocenters. The van der Waals surface area contributed by atoms with Crippen molar-refractivity contribution >= 4 is 58.6 Å². The second kappa shape index (κ2) is 3.85. The number of imide groups is 1. The van der Waals surface area contributed by atoms with E-state index in [1.54, 1.807) is 6.92 Å². The van der Waals surface area contributed by atoms with Crippen molar-refractivity contribution in [2.24, 2.45) is 5.92 Å². The quantitative estimate of drug-likeness (QED) is 0.414. The molecule has 1 aliphatic heterocycles. The van der Waals surface area contributed by atoms with Gasteiger partial charge in [0, 0.05) is 24.3 Å². The third-order valence-corrected chi connectivity index (χ3v) is 2.92. The van der Waals surface area contributed by atoms with Crippen molar-refractivity contribution in [2.75, 3.05) is 0 Å². The van der Waals surface area contributed by atoms with Crippen LogP contribution in [0.3, 0.4) is 0 Å². The van der Waals surface area contributed by atoms with Crippen LogP contribution in [0.25, 0.3) is 0 Å². The van der Waals surface area contributed by atoms with E-state index in [0.29, 0.717) is 11.9 Å². The Morgan fingerprint density at radius 1 is 1.46 bits per heavy atom. The molecule has 1 fully saturated rings. The topological polar surface area (TPSA) is 37.4 Å². The summed E-state index contributed by atoms with van der Waals surface area (Å²) in [7, 11) is 0. The first-order valence-electron chi connectivity index (χ1n) is 3.44. The van der Waals surface area contributed by atoms with E-state index >= 15 is 0 Å². The molecule has 1 rings (SSSR count). The van der Waals surface area contributed by atoms with Crippen LogP contribution in [0.15, 0.2) is 0 Å². The average molecular weight is 263 g/mol. The standard InChI is InChI=1S/C6H6Cl3NO2S/c1-3-2-4(11)10(5(3)12)13-6(7,8)9/h3H,2H2,1H3. The third kappa shape index (κ3) is 2.91. The smallest absolute Gasteiger partial charge is 0.256 e. The SMILES string of the molecule is CC1CC(=O)N(SC(Cl)(Cl)Cl)C1=O. The summed E-state index contributed by atoms with van der Waals surface area (Å²) in [6.07, 6.45) is 0.187. The summed E-state index contributed by atoms with van der Waals surface area (Å²) in [5.41, 5.74) is 0. The van der Waals surface area contributed by atoms with Crippen molar-refractivity contribution in [1.82, 2.24) is 4.31 Å². The zero-order valence-electron chi connectivity index (χ0n) is 6.59. The minimum absolute atomic E-state index is 0.187. The molecule has 0 aromatic rings. The van der Waals surface area contributed by atoms with Crippen LogP contribution in [0.1, 0.15) is 13.3 Å². The van der Waals surface area contributed by atoms with Crippen molar-refractivity contribution in [3.63, 3.8) is 0 Å². The van der Waals surface area contributed by atoms with Crippen LogP contribution in [0, 0.1) is 5.92 Å². The fourth-order valence-corrected chi connectivity index (χ4v) is 2.23. The second-order valence-electron chi connectivity index (χ2n) is 2.67. The minimum Gasteiger partial charge on any atom is -0.273 e. The number of halogens is 3. The van der Waals surface area contributed by atoms with Gasteiger partial charge in [0.1, 0.15) is 0 Å². The molecule has 0 aliphatic carbocycles. The van der Waals surface area contributed by atoms with Crippen molar-refractivity contribution in [3.05, 3.63) is 0 Å². The number of alkyl halides is 3. The Hall–Kier alpha value is 0.360. The predicted octanol–water partition coefficient (Wildman–Crippen LogP) is 2.36. The highest BCUT2D eigenvalue weighted by atomic mass is 35.6. The molecule has 1 aliphatic rings. The monoisotopic (exact) mass is 261 g/mol. The van der Waals surface area contributed by atoms with Crippen LogP contribution in [0.4, 0.5) is 0 Å². The van der Waals surface area contributed by atoms with Gasteiger partial charge in [-0.15, -0.1) is 0 Å². The first-order chi connectivity index (χ1) is 5.81. The van der Waals surface area contributed by atoms with Crippen LogP contribution in [-0.2, 0) is 9.59 Å². The number of hydrogen-bond acceptors (Lipinski definition) is 3. The van der Waals surface area contributed by atoms with Crippen LogP contribution in [-0.4, -0.2) is 19.2 Å². The molecule has 0 saturated carbocycles. The fourth-order valence-electron chi connectivity index (χ4n) is 0.955. The number of carbonyl (C=O) groups excluding carboxylic acids is 2. The molecular weight excluding hydrogens is 256 g/mol. The summed E-state index contributed by atoms with van der Waals surface area (Å²) < 4.78 is -0.757. The maximum atomic E-state index is 11.3. The Labute approximate surface area is 94.8 Å². The highest BCUT2D eigenvalue weighted by Crippen LogP contribution is 2.43. The van der Waals surface area contributed by atoms with Gasteiger partial charge >= 0.3 is 0 Å². The van der Waals surface area contributed by atoms with Crippen LogP contribution in [0.5, 0.6) is 0 Å². The lowest BCUT2D eigenvalue weighted by Gasteiger charge is -2.17. The Morgan fingerprint density at radius 2 is 2.00 bits per heavy atom. The summed E-state index contributed by atoms with van der Waals surface area (Å²) in [6, 6.07) is 0. The van der Waals surface area contributed by atoms with Crippen molar-refractivity contribution in [1.29, 1.82) is 0 Å².